The predicted octanol–water partition coefficient (Wildman–Crippen LogP) is -0.491. The molecule has 102 valence electrons. The van der Waals surface area contributed by atoms with E-state index in [-0.39, 0.29) is 16.7 Å². The van der Waals surface area contributed by atoms with Crippen LogP contribution in [0.5, 0.6) is 0 Å². The monoisotopic (exact) mass is 274 g/mol. The molecule has 0 rings (SSSR count). The predicted molar refractivity (Wildman–Crippen MR) is 71.8 cm³/mol. The molecule has 0 heterocycles. The van der Waals surface area contributed by atoms with Gasteiger partial charge in [0.05, 0.1) is 7.11 Å². The lowest BCUT2D eigenvalue weighted by Gasteiger charge is -2.19. The first kappa shape index (κ1) is 16.3. The molecule has 0 radical (unpaired) electrons. The van der Waals surface area contributed by atoms with E-state index in [1.165, 1.54) is 14.0 Å². The number of thiocarbonyl (C=S) groups is 1. The van der Waals surface area contributed by atoms with Gasteiger partial charge < -0.3 is 15.8 Å². The van der Waals surface area contributed by atoms with Gasteiger partial charge in [-0.05, 0) is 25.1 Å². The van der Waals surface area contributed by atoms with E-state index in [9.17, 15) is 9.59 Å². The molecule has 0 aromatic heterocycles. The number of hydrogen-bond donors (Lipinski definition) is 3. The van der Waals surface area contributed by atoms with Crippen LogP contribution in [-0.2, 0) is 14.3 Å². The Morgan fingerprint density at radius 1 is 1.39 bits per heavy atom. The summed E-state index contributed by atoms with van der Waals surface area (Å²) >= 11 is 4.54. The molecule has 0 fully saturated rings. The summed E-state index contributed by atoms with van der Waals surface area (Å²) in [5.41, 5.74) is 7.57. The van der Waals surface area contributed by atoms with E-state index in [0.29, 0.717) is 0 Å². The summed E-state index contributed by atoms with van der Waals surface area (Å²) in [6, 6.07) is -0.725. The van der Waals surface area contributed by atoms with Crippen molar-refractivity contribution >= 4 is 34.9 Å². The Morgan fingerprint density at radius 3 is 2.33 bits per heavy atom. The minimum absolute atomic E-state index is 0.0458. The number of methoxy groups -OCH3 is 1. The SMILES string of the molecule is COC(=O)C(NC(=O)/C(C)=N/NC(N)=S)C(C)C. The summed E-state index contributed by atoms with van der Waals surface area (Å²) in [5, 5.41) is 6.13. The van der Waals surface area contributed by atoms with Crippen molar-refractivity contribution < 1.29 is 14.3 Å². The van der Waals surface area contributed by atoms with E-state index < -0.39 is 17.9 Å². The van der Waals surface area contributed by atoms with E-state index in [2.05, 4.69) is 32.8 Å². The quantitative estimate of drug-likeness (QED) is 0.270. The highest BCUT2D eigenvalue weighted by Crippen LogP contribution is 2.03. The number of nitrogens with zero attached hydrogens (tertiary/aromatic N) is 1. The molecular formula is C10H18N4O3S. The number of esters is 1. The third kappa shape index (κ3) is 5.58. The Kier molecular flexibility index (Phi) is 6.88. The largest absolute Gasteiger partial charge is 0.467 e. The summed E-state index contributed by atoms with van der Waals surface area (Å²) in [5.74, 6) is -1.10. The van der Waals surface area contributed by atoms with Crippen molar-refractivity contribution in [2.45, 2.75) is 26.8 Å². The molecule has 4 N–H and O–H groups in total. The van der Waals surface area contributed by atoms with E-state index >= 15 is 0 Å². The van der Waals surface area contributed by atoms with E-state index in [1.54, 1.807) is 13.8 Å². The van der Waals surface area contributed by atoms with Gasteiger partial charge >= 0.3 is 5.97 Å². The van der Waals surface area contributed by atoms with E-state index in [0.717, 1.165) is 0 Å². The number of carbonyl (C=O) groups is 2. The van der Waals surface area contributed by atoms with Gasteiger partial charge in [0.2, 0.25) is 0 Å². The maximum atomic E-state index is 11.7. The second-order valence-electron chi connectivity index (χ2n) is 3.89. The van der Waals surface area contributed by atoms with Gasteiger partial charge in [-0.1, -0.05) is 13.8 Å². The lowest BCUT2D eigenvalue weighted by molar-refractivity contribution is -0.145. The Labute approximate surface area is 111 Å². The zero-order chi connectivity index (χ0) is 14.3. The molecule has 7 nitrogen and oxygen atoms in total. The van der Waals surface area contributed by atoms with Crippen LogP contribution in [0.2, 0.25) is 0 Å². The summed E-state index contributed by atoms with van der Waals surface area (Å²) < 4.78 is 4.60. The average Bonchev–Trinajstić information content (AvgIpc) is 2.30. The Hall–Kier alpha value is -1.70. The first-order valence-corrected chi connectivity index (χ1v) is 5.68. The van der Waals surface area contributed by atoms with Crippen molar-refractivity contribution in [1.29, 1.82) is 0 Å². The molecule has 0 aliphatic heterocycles. The van der Waals surface area contributed by atoms with E-state index in [4.69, 9.17) is 5.73 Å². The highest BCUT2D eigenvalue weighted by atomic mass is 32.1. The lowest BCUT2D eigenvalue weighted by Crippen LogP contribution is -2.47. The van der Waals surface area contributed by atoms with Gasteiger partial charge in [-0.15, -0.1) is 0 Å². The maximum Gasteiger partial charge on any atom is 0.328 e. The molecule has 8 heteroatoms. The van der Waals surface area contributed by atoms with Gasteiger partial charge in [0.15, 0.2) is 5.11 Å². The fourth-order valence-electron chi connectivity index (χ4n) is 1.06. The molecule has 0 saturated carbocycles. The first-order valence-electron chi connectivity index (χ1n) is 5.28. The number of amides is 1. The van der Waals surface area contributed by atoms with Gasteiger partial charge in [0, 0.05) is 0 Å². The zero-order valence-corrected chi connectivity index (χ0v) is 11.6. The third-order valence-electron chi connectivity index (χ3n) is 2.07. The van der Waals surface area contributed by atoms with Crippen LogP contribution in [0.15, 0.2) is 5.10 Å². The standard InChI is InChI=1S/C10H18N4O3S/c1-5(2)7(9(16)17-4)12-8(15)6(3)13-14-10(11)18/h5,7H,1-4H3,(H,12,15)(H3,11,14,18)/b13-6+. The number of carbonyl (C=O) groups excluding carboxylic acids is 2. The molecule has 0 aromatic carbocycles. The Morgan fingerprint density at radius 2 is 1.94 bits per heavy atom. The molecular weight excluding hydrogens is 256 g/mol. The number of hydrogen-bond acceptors (Lipinski definition) is 5. The summed E-state index contributed by atoms with van der Waals surface area (Å²) in [6.45, 7) is 5.05. The number of nitrogens with two attached hydrogens (primary N) is 1. The van der Waals surface area contributed by atoms with Crippen molar-refractivity contribution in [1.82, 2.24) is 10.7 Å². The van der Waals surface area contributed by atoms with Crippen LogP contribution < -0.4 is 16.5 Å². The van der Waals surface area contributed by atoms with Crippen LogP contribution in [0, 0.1) is 5.92 Å². The fourth-order valence-corrected chi connectivity index (χ4v) is 1.11. The van der Waals surface area contributed by atoms with Crippen LogP contribution in [0.1, 0.15) is 20.8 Å². The summed E-state index contributed by atoms with van der Waals surface area (Å²) in [4.78, 5) is 23.2. The molecule has 0 bridgehead atoms. The molecule has 1 amide bonds. The second-order valence-corrected chi connectivity index (χ2v) is 4.33. The molecule has 0 aliphatic rings. The highest BCUT2D eigenvalue weighted by Gasteiger charge is 2.25. The van der Waals surface area contributed by atoms with Gasteiger partial charge in [-0.25, -0.2) is 4.79 Å². The van der Waals surface area contributed by atoms with Crippen molar-refractivity contribution in [2.24, 2.45) is 16.8 Å². The molecule has 0 aliphatic carbocycles. The Bertz CT molecular complexity index is 368. The molecule has 1 unspecified atom stereocenters. The Balaban J connectivity index is 4.65. The molecule has 0 spiro atoms. The van der Waals surface area contributed by atoms with Gasteiger partial charge in [-0.2, -0.15) is 5.10 Å². The number of ether oxygens (including phenoxy) is 1. The van der Waals surface area contributed by atoms with Gasteiger partial charge in [-0.3, -0.25) is 10.2 Å². The van der Waals surface area contributed by atoms with Crippen molar-refractivity contribution in [3.8, 4) is 0 Å². The zero-order valence-electron chi connectivity index (χ0n) is 10.8. The van der Waals surface area contributed by atoms with Crippen molar-refractivity contribution in [3.05, 3.63) is 0 Å². The summed E-state index contributed by atoms with van der Waals surface area (Å²) in [7, 11) is 1.26. The van der Waals surface area contributed by atoms with Gasteiger partial charge in [0.1, 0.15) is 11.8 Å². The highest BCUT2D eigenvalue weighted by molar-refractivity contribution is 7.80. The fraction of sp³-hybridized carbons (Fsp3) is 0.600. The number of nitrogens with one attached hydrogen (secondary N) is 2. The number of hydrazone groups is 1. The topological polar surface area (TPSA) is 106 Å². The van der Waals surface area contributed by atoms with E-state index in [1.807, 2.05) is 0 Å². The molecule has 1 atom stereocenters. The maximum absolute atomic E-state index is 11.7. The molecule has 0 aromatic rings. The van der Waals surface area contributed by atoms with Crippen LogP contribution >= 0.6 is 12.2 Å². The van der Waals surface area contributed by atoms with Crippen molar-refractivity contribution in [2.75, 3.05) is 7.11 Å². The molecule has 0 saturated heterocycles. The first-order chi connectivity index (χ1) is 8.29. The average molecular weight is 274 g/mol. The smallest absolute Gasteiger partial charge is 0.328 e. The summed E-state index contributed by atoms with van der Waals surface area (Å²) in [6.07, 6.45) is 0. The van der Waals surface area contributed by atoms with Crippen molar-refractivity contribution in [3.63, 3.8) is 0 Å². The number of rotatable bonds is 5. The van der Waals surface area contributed by atoms with Gasteiger partial charge in [0.25, 0.3) is 5.91 Å². The lowest BCUT2D eigenvalue weighted by atomic mass is 10.0. The normalized spacial score (nSPS) is 12.8. The van der Waals surface area contributed by atoms with Crippen LogP contribution in [0.3, 0.4) is 0 Å². The second kappa shape index (κ2) is 7.59. The minimum atomic E-state index is -0.725. The molecule has 18 heavy (non-hydrogen) atoms. The van der Waals surface area contributed by atoms with Crippen LogP contribution in [0.25, 0.3) is 0 Å². The minimum Gasteiger partial charge on any atom is -0.467 e. The third-order valence-corrected chi connectivity index (χ3v) is 2.16. The van der Waals surface area contributed by atoms with Crippen LogP contribution in [-0.4, -0.2) is 35.9 Å². The van der Waals surface area contributed by atoms with Crippen LogP contribution in [0.4, 0.5) is 0 Å².